The molecule has 42 heteroatoms. The molecule has 10 N–H and O–H groups in total. The SMILES string of the molecule is CO.CO.CO.CO.CO.CO.CO.CO.CO.CO.COc1cccc(/C=N/N=C(\[O-])c2cccc(OC)c2[O-])c1[O-].COc1cccc(/C=N/N=C(\[O-])c2cccc(OC)c2[O-])c1[O-].COc1cccc(/C=N/N=C(\[O-])c2cccc(OC)c2[O-])c1[O-].COc1cccc(/C=N/N=C(\[O-])c2cccc(OC)c2[O-])c1[O-].[Dy+3].[Dy+3].[Dy+3].[Dy+3]. The van der Waals surface area contributed by atoms with Crippen LogP contribution in [-0.4, -0.2) is 227 Å². The second kappa shape index (κ2) is 83.3. The van der Waals surface area contributed by atoms with E-state index in [0.29, 0.717) is 0 Å². The van der Waals surface area contributed by atoms with E-state index in [9.17, 15) is 61.3 Å². The van der Waals surface area contributed by atoms with Crippen LogP contribution in [0.3, 0.4) is 0 Å². The Bertz CT molecular complexity index is 3590. The Morgan fingerprint density at radius 3 is 0.466 bits per heavy atom. The summed E-state index contributed by atoms with van der Waals surface area (Å²) in [6, 6.07) is 35.7. The third-order valence-electron chi connectivity index (χ3n) is 12.0. The Kier molecular flexibility index (Phi) is 92.3. The van der Waals surface area contributed by atoms with Gasteiger partial charge in [0.05, 0.1) is 81.7 Å². The molecule has 0 unspecified atom stereocenters. The second-order valence-corrected chi connectivity index (χ2v) is 17.5. The van der Waals surface area contributed by atoms with Gasteiger partial charge in [0.2, 0.25) is 0 Å². The number of hydrogen-bond donors (Lipinski definition) is 10. The molecule has 0 atom stereocenters. The van der Waals surface area contributed by atoms with Gasteiger partial charge in [0.25, 0.3) is 0 Å². The van der Waals surface area contributed by atoms with Gasteiger partial charge in [-0.05, 0) is 93.0 Å². The van der Waals surface area contributed by atoms with Gasteiger partial charge >= 0.3 is 153 Å². The molecule has 0 aliphatic carbocycles. The van der Waals surface area contributed by atoms with E-state index in [2.05, 4.69) is 40.8 Å². The first kappa shape index (κ1) is 129. The molecular formula is C74H92Dy4N8O30. The predicted molar refractivity (Wildman–Crippen MR) is 397 cm³/mol. The summed E-state index contributed by atoms with van der Waals surface area (Å²) in [5, 5.41) is 241. The zero-order valence-electron chi connectivity index (χ0n) is 65.6. The van der Waals surface area contributed by atoms with Gasteiger partial charge in [-0.1, -0.05) is 143 Å². The molecule has 0 aliphatic rings. The van der Waals surface area contributed by atoms with Crippen molar-refractivity contribution in [1.82, 2.24) is 0 Å². The molecule has 0 aromatic heterocycles. The molecule has 8 aromatic rings. The molecule has 38 nitrogen and oxygen atoms in total. The Morgan fingerprint density at radius 1 is 0.216 bits per heavy atom. The molecule has 0 spiro atoms. The Morgan fingerprint density at radius 2 is 0.336 bits per heavy atom. The van der Waals surface area contributed by atoms with Gasteiger partial charge < -0.3 is 150 Å². The van der Waals surface area contributed by atoms with Crippen LogP contribution in [0.2, 0.25) is 0 Å². The third kappa shape index (κ3) is 45.5. The van der Waals surface area contributed by atoms with Crippen LogP contribution in [-0.2, 0) is 0 Å². The number of aliphatic hydroxyl groups excluding tert-OH is 10. The second-order valence-electron chi connectivity index (χ2n) is 17.5. The molecule has 0 saturated carbocycles. The van der Waals surface area contributed by atoms with E-state index in [1.807, 2.05) is 0 Å². The van der Waals surface area contributed by atoms with Crippen molar-refractivity contribution in [2.24, 2.45) is 40.8 Å². The summed E-state index contributed by atoms with van der Waals surface area (Å²) >= 11 is 0. The van der Waals surface area contributed by atoms with Gasteiger partial charge in [-0.25, -0.2) is 0 Å². The van der Waals surface area contributed by atoms with E-state index < -0.39 is 46.6 Å². The number of para-hydroxylation sites is 8. The maximum atomic E-state index is 11.9. The molecule has 0 bridgehead atoms. The summed E-state index contributed by atoms with van der Waals surface area (Å²) < 4.78 is 39.0. The topological polar surface area (TPSA) is 652 Å². The molecule has 8 rings (SSSR count). The minimum absolute atomic E-state index is 0. The van der Waals surface area contributed by atoms with Crippen LogP contribution in [0.5, 0.6) is 92.0 Å². The zero-order chi connectivity index (χ0) is 87.3. The molecule has 0 amide bonds. The average molecular weight is 2220 g/mol. The number of aliphatic hydroxyl groups is 10. The van der Waals surface area contributed by atoms with E-state index in [0.717, 1.165) is 96.0 Å². The number of benzene rings is 8. The van der Waals surface area contributed by atoms with E-state index in [-0.39, 0.29) is 266 Å². The number of nitrogens with zero attached hydrogens (tertiary/aromatic N) is 8. The van der Waals surface area contributed by atoms with E-state index in [1.165, 1.54) is 178 Å². The van der Waals surface area contributed by atoms with Crippen molar-refractivity contribution in [3.05, 3.63) is 190 Å². The van der Waals surface area contributed by atoms with Gasteiger partial charge in [-0.3, -0.25) is 0 Å². The molecular weight excluding hydrogens is 2130 g/mol. The largest absolute Gasteiger partial charge is 3.00 e. The molecule has 4 radical (unpaired) electrons. The van der Waals surface area contributed by atoms with Crippen molar-refractivity contribution < 1.29 is 303 Å². The Hall–Kier alpha value is -8.19. The summed E-state index contributed by atoms with van der Waals surface area (Å²) in [5.74, 6) is -6.18. The zero-order valence-corrected chi connectivity index (χ0v) is 73.8. The van der Waals surface area contributed by atoms with E-state index in [4.69, 9.17) is 89.0 Å². The first-order valence-electron chi connectivity index (χ1n) is 30.7. The van der Waals surface area contributed by atoms with Crippen molar-refractivity contribution in [3.63, 3.8) is 0 Å². The van der Waals surface area contributed by atoms with Crippen molar-refractivity contribution in [2.45, 2.75) is 0 Å². The standard InChI is InChI=1S/4C16H16N2O5.10CH4O.4Dy/c4*1-22-12-7-3-5-10(14(12)19)9-17-18-16(21)11-6-4-8-13(23-2)15(11)20;10*1-2;;;;/h4*3-9,19-20H,1-2H3,(H,18,21);10*2H,1H3;;;;/q;;;;;;;;;;;;;;4*+3/p-12/b4*17-9+;;;;;;;;;;;;;;. The van der Waals surface area contributed by atoms with Crippen LogP contribution >= 0.6 is 0 Å². The van der Waals surface area contributed by atoms with Crippen molar-refractivity contribution in [3.8, 4) is 92.0 Å². The fourth-order valence-corrected chi connectivity index (χ4v) is 7.35. The van der Waals surface area contributed by atoms with E-state index in [1.54, 1.807) is 24.3 Å². The third-order valence-corrected chi connectivity index (χ3v) is 12.0. The average Bonchev–Trinajstić information content (AvgIpc) is 0.843. The normalized spacial score (nSPS) is 9.76. The molecule has 8 aromatic carbocycles. The number of methoxy groups -OCH3 is 8. The molecule has 0 aliphatic heterocycles. The maximum absolute atomic E-state index is 11.9. The Labute approximate surface area is 793 Å². The smallest absolute Gasteiger partial charge is 0.870 e. The summed E-state index contributed by atoms with van der Waals surface area (Å²) in [7, 11) is 20.8. The van der Waals surface area contributed by atoms with Crippen molar-refractivity contribution in [2.75, 3.05) is 128 Å². The fourth-order valence-electron chi connectivity index (χ4n) is 7.35. The molecule has 116 heavy (non-hydrogen) atoms. The van der Waals surface area contributed by atoms with Crippen LogP contribution in [0.1, 0.15) is 44.5 Å². The van der Waals surface area contributed by atoms with Crippen LogP contribution in [0, 0.1) is 153 Å². The summed E-state index contributed by atoms with van der Waals surface area (Å²) in [6.07, 6.45) is 4.53. The molecule has 648 valence electrons. The van der Waals surface area contributed by atoms with Gasteiger partial charge in [0.15, 0.2) is 0 Å². The van der Waals surface area contributed by atoms with Crippen LogP contribution in [0.15, 0.2) is 186 Å². The van der Waals surface area contributed by atoms with Crippen LogP contribution in [0.4, 0.5) is 0 Å². The maximum Gasteiger partial charge on any atom is 3.00 e. The summed E-state index contributed by atoms with van der Waals surface area (Å²) in [4.78, 5) is 0. The first-order chi connectivity index (χ1) is 54.3. The van der Waals surface area contributed by atoms with Gasteiger partial charge in [-0.15, -0.1) is 0 Å². The molecule has 0 fully saturated rings. The fraction of sp³-hybridized carbons (Fsp3) is 0.243. The van der Waals surface area contributed by atoms with Gasteiger partial charge in [0.1, 0.15) is 46.0 Å². The monoisotopic (exact) mass is 2230 g/mol. The van der Waals surface area contributed by atoms with Gasteiger partial charge in [0, 0.05) is 94.7 Å². The van der Waals surface area contributed by atoms with E-state index >= 15 is 0 Å². The summed E-state index contributed by atoms with van der Waals surface area (Å²) in [5.41, 5.74) is 0.235. The van der Waals surface area contributed by atoms with Gasteiger partial charge in [-0.2, -0.15) is 40.8 Å². The van der Waals surface area contributed by atoms with Crippen molar-refractivity contribution in [1.29, 1.82) is 0 Å². The molecule has 0 saturated heterocycles. The summed E-state index contributed by atoms with van der Waals surface area (Å²) in [6.45, 7) is 0. The minimum atomic E-state index is -0.819. The first-order valence-corrected chi connectivity index (χ1v) is 30.7. The van der Waals surface area contributed by atoms with Crippen molar-refractivity contribution >= 4 is 48.4 Å². The quantitative estimate of drug-likeness (QED) is 0.0198. The van der Waals surface area contributed by atoms with Crippen LogP contribution in [0.25, 0.3) is 0 Å². The number of hydrogen-bond acceptors (Lipinski definition) is 38. The number of rotatable bonds is 20. The number of ether oxygens (including phenoxy) is 8. The van der Waals surface area contributed by atoms with Crippen LogP contribution < -0.4 is 99.2 Å². The predicted octanol–water partition coefficient (Wildman–Crippen LogP) is -3.95. The molecule has 0 heterocycles. The minimum Gasteiger partial charge on any atom is -0.870 e. The Balaban J connectivity index is -0.000000148.